The van der Waals surface area contributed by atoms with E-state index in [2.05, 4.69) is 85.8 Å². The van der Waals surface area contributed by atoms with Gasteiger partial charge in [-0.25, -0.2) is 15.0 Å². The fourth-order valence-electron chi connectivity index (χ4n) is 8.28. The van der Waals surface area contributed by atoms with E-state index in [1.54, 1.807) is 0 Å². The van der Waals surface area contributed by atoms with Gasteiger partial charge < -0.3 is 8.83 Å². The lowest BCUT2D eigenvalue weighted by Gasteiger charge is -2.23. The van der Waals surface area contributed by atoms with Crippen LogP contribution in [0.5, 0.6) is 0 Å². The molecule has 11 rings (SSSR count). The van der Waals surface area contributed by atoms with E-state index in [0.717, 1.165) is 72.6 Å². The van der Waals surface area contributed by atoms with Crippen molar-refractivity contribution in [3.63, 3.8) is 0 Å². The molecule has 1 atom stereocenters. The zero-order valence-corrected chi connectivity index (χ0v) is 28.9. The standard InChI is InChI=1S/C48H31N3O2/c1-28-12-9-18-34-39(26-30-15-5-6-16-32(30)43(28)34)31-24-25-36-42(27-31)52-41-23-11-20-37(44(36)41)47-49-46(29-13-3-2-4-14-29)50-48(51-47)38-21-10-19-35-33-17-7-8-22-40(33)53-45(35)38/h2-11,13-28H,12H2,1H3. The Morgan fingerprint density at radius 3 is 2.13 bits per heavy atom. The zero-order chi connectivity index (χ0) is 35.0. The maximum atomic E-state index is 6.65. The van der Waals surface area contributed by atoms with Crippen LogP contribution in [0.4, 0.5) is 0 Å². The van der Waals surface area contributed by atoms with Gasteiger partial charge in [0, 0.05) is 32.7 Å². The number of fused-ring (bicyclic) bond motifs is 9. The van der Waals surface area contributed by atoms with Crippen LogP contribution in [0.15, 0.2) is 154 Å². The highest BCUT2D eigenvalue weighted by molar-refractivity contribution is 6.13. The minimum Gasteiger partial charge on any atom is -0.456 e. The smallest absolute Gasteiger partial charge is 0.167 e. The summed E-state index contributed by atoms with van der Waals surface area (Å²) in [5, 5.41) is 6.67. The summed E-state index contributed by atoms with van der Waals surface area (Å²) in [5.74, 6) is 2.16. The monoisotopic (exact) mass is 681 g/mol. The summed E-state index contributed by atoms with van der Waals surface area (Å²) in [6.45, 7) is 2.33. The first kappa shape index (κ1) is 29.8. The Hall–Kier alpha value is -6.85. The number of hydrogen-bond acceptors (Lipinski definition) is 5. The maximum absolute atomic E-state index is 6.65. The van der Waals surface area contributed by atoms with Gasteiger partial charge >= 0.3 is 0 Å². The molecule has 250 valence electrons. The van der Waals surface area contributed by atoms with Crippen LogP contribution in [0.1, 0.15) is 30.4 Å². The average Bonchev–Trinajstić information content (AvgIpc) is 3.79. The Bertz CT molecular complexity index is 3120. The summed E-state index contributed by atoms with van der Waals surface area (Å²) in [7, 11) is 0. The molecule has 7 aromatic carbocycles. The van der Waals surface area contributed by atoms with Crippen molar-refractivity contribution in [2.75, 3.05) is 0 Å². The molecule has 5 nitrogen and oxygen atoms in total. The van der Waals surface area contributed by atoms with E-state index in [0.29, 0.717) is 23.4 Å². The molecule has 10 aromatic rings. The minimum atomic E-state index is 0.446. The van der Waals surface area contributed by atoms with Crippen LogP contribution in [0, 0.1) is 0 Å². The molecule has 5 heteroatoms. The van der Waals surface area contributed by atoms with Crippen LogP contribution < -0.4 is 0 Å². The Kier molecular flexibility index (Phi) is 6.52. The fourth-order valence-corrected chi connectivity index (χ4v) is 8.28. The average molecular weight is 682 g/mol. The van der Waals surface area contributed by atoms with E-state index < -0.39 is 0 Å². The first-order valence-electron chi connectivity index (χ1n) is 18.1. The van der Waals surface area contributed by atoms with Crippen LogP contribution in [0.25, 0.3) is 106 Å². The molecule has 0 bridgehead atoms. The summed E-state index contributed by atoms with van der Waals surface area (Å²) < 4.78 is 13.1. The van der Waals surface area contributed by atoms with Crippen molar-refractivity contribution in [1.29, 1.82) is 0 Å². The van der Waals surface area contributed by atoms with Crippen molar-refractivity contribution in [1.82, 2.24) is 15.0 Å². The Labute approximate surface area is 304 Å². The van der Waals surface area contributed by atoms with Crippen molar-refractivity contribution < 1.29 is 8.83 Å². The third-order valence-corrected chi connectivity index (χ3v) is 10.8. The molecule has 0 fully saturated rings. The molecule has 0 saturated carbocycles. The van der Waals surface area contributed by atoms with Gasteiger partial charge in [0.2, 0.25) is 0 Å². The second-order valence-corrected chi connectivity index (χ2v) is 14.0. The molecule has 53 heavy (non-hydrogen) atoms. The molecule has 0 N–H and O–H groups in total. The molecule has 0 radical (unpaired) electrons. The van der Waals surface area contributed by atoms with E-state index in [1.807, 2.05) is 72.8 Å². The number of allylic oxidation sites excluding steroid dienone is 1. The molecule has 0 amide bonds. The third-order valence-electron chi connectivity index (χ3n) is 10.8. The van der Waals surface area contributed by atoms with Crippen molar-refractivity contribution in [2.45, 2.75) is 19.3 Å². The van der Waals surface area contributed by atoms with Crippen LogP contribution >= 0.6 is 0 Å². The lowest BCUT2D eigenvalue weighted by molar-refractivity contribution is 0.668. The highest BCUT2D eigenvalue weighted by atomic mass is 16.3. The van der Waals surface area contributed by atoms with Crippen molar-refractivity contribution >= 4 is 60.7 Å². The first-order chi connectivity index (χ1) is 26.2. The van der Waals surface area contributed by atoms with E-state index in [-0.39, 0.29) is 0 Å². The topological polar surface area (TPSA) is 65.0 Å². The SMILES string of the molecule is CC1CC=Cc2c(-c3ccc4c(c3)oc3cccc(-c5nc(-c6ccccc6)nc(-c6cccc7c6oc6ccccc67)n5)c34)cc3ccccc3c21. The van der Waals surface area contributed by atoms with Crippen molar-refractivity contribution in [3.05, 3.63) is 157 Å². The summed E-state index contributed by atoms with van der Waals surface area (Å²) in [5.41, 5.74) is 10.9. The number of aromatic nitrogens is 3. The highest BCUT2D eigenvalue weighted by Crippen LogP contribution is 2.44. The predicted octanol–water partition coefficient (Wildman–Crippen LogP) is 13.0. The van der Waals surface area contributed by atoms with Gasteiger partial charge in [-0.2, -0.15) is 0 Å². The van der Waals surface area contributed by atoms with Gasteiger partial charge in [-0.3, -0.25) is 0 Å². The van der Waals surface area contributed by atoms with Gasteiger partial charge in [-0.1, -0.05) is 122 Å². The molecule has 0 spiro atoms. The second kappa shape index (κ2) is 11.6. The normalized spacial score (nSPS) is 14.2. The van der Waals surface area contributed by atoms with Gasteiger partial charge in [0.25, 0.3) is 0 Å². The van der Waals surface area contributed by atoms with Gasteiger partial charge in [0.15, 0.2) is 17.5 Å². The van der Waals surface area contributed by atoms with Gasteiger partial charge in [0.05, 0.1) is 5.56 Å². The second-order valence-electron chi connectivity index (χ2n) is 14.0. The van der Waals surface area contributed by atoms with Crippen LogP contribution in [-0.4, -0.2) is 15.0 Å². The van der Waals surface area contributed by atoms with Gasteiger partial charge in [-0.15, -0.1) is 0 Å². The van der Waals surface area contributed by atoms with E-state index >= 15 is 0 Å². The Morgan fingerprint density at radius 2 is 1.23 bits per heavy atom. The van der Waals surface area contributed by atoms with Crippen molar-refractivity contribution in [2.24, 2.45) is 0 Å². The lowest BCUT2D eigenvalue weighted by atomic mass is 9.81. The molecule has 1 unspecified atom stereocenters. The molecule has 3 aromatic heterocycles. The van der Waals surface area contributed by atoms with E-state index in [9.17, 15) is 0 Å². The number of nitrogens with zero attached hydrogens (tertiary/aromatic N) is 3. The van der Waals surface area contributed by atoms with Crippen LogP contribution in [0.3, 0.4) is 0 Å². The van der Waals surface area contributed by atoms with Crippen molar-refractivity contribution in [3.8, 4) is 45.3 Å². The molecule has 1 aliphatic carbocycles. The Balaban J connectivity index is 1.12. The van der Waals surface area contributed by atoms with Crippen LogP contribution in [0.2, 0.25) is 0 Å². The van der Waals surface area contributed by atoms with Gasteiger partial charge in [0.1, 0.15) is 22.3 Å². The number of para-hydroxylation sites is 2. The molecule has 0 saturated heterocycles. The minimum absolute atomic E-state index is 0.446. The number of hydrogen-bond donors (Lipinski definition) is 0. The summed E-state index contributed by atoms with van der Waals surface area (Å²) >= 11 is 0. The molecule has 3 heterocycles. The molecule has 0 aliphatic heterocycles. The largest absolute Gasteiger partial charge is 0.456 e. The fraction of sp³-hybridized carbons (Fsp3) is 0.0625. The van der Waals surface area contributed by atoms with Gasteiger partial charge in [-0.05, 0) is 81.8 Å². The number of rotatable bonds is 4. The quantitative estimate of drug-likeness (QED) is 0.185. The number of benzene rings is 7. The first-order valence-corrected chi connectivity index (χ1v) is 18.1. The molecular formula is C48H31N3O2. The Morgan fingerprint density at radius 1 is 0.509 bits per heavy atom. The predicted molar refractivity (Wildman–Crippen MR) is 216 cm³/mol. The third kappa shape index (κ3) is 4.67. The molecule has 1 aliphatic rings. The summed E-state index contributed by atoms with van der Waals surface area (Å²) in [4.78, 5) is 15.3. The van der Waals surface area contributed by atoms with E-state index in [1.165, 1.54) is 27.5 Å². The number of furan rings is 2. The molecular weight excluding hydrogens is 651 g/mol. The highest BCUT2D eigenvalue weighted by Gasteiger charge is 2.23. The maximum Gasteiger partial charge on any atom is 0.167 e. The summed E-state index contributed by atoms with van der Waals surface area (Å²) in [6.07, 6.45) is 5.65. The summed E-state index contributed by atoms with van der Waals surface area (Å²) in [6, 6.07) is 48.1. The van der Waals surface area contributed by atoms with Crippen LogP contribution in [-0.2, 0) is 0 Å². The zero-order valence-electron chi connectivity index (χ0n) is 28.9. The lowest BCUT2D eigenvalue weighted by Crippen LogP contribution is -2.03. The van der Waals surface area contributed by atoms with E-state index in [4.69, 9.17) is 23.8 Å².